The zero-order chi connectivity index (χ0) is 13.8. The van der Waals surface area contributed by atoms with Gasteiger partial charge in [0.25, 0.3) is 0 Å². The summed E-state index contributed by atoms with van der Waals surface area (Å²) in [4.78, 5) is 8.28. The Balaban J connectivity index is 2.30. The highest BCUT2D eigenvalue weighted by Crippen LogP contribution is 2.27. The first-order chi connectivity index (χ1) is 9.13. The minimum Gasteiger partial charge on any atom is -0.424 e. The highest BCUT2D eigenvalue weighted by atomic mass is 79.9. The van der Waals surface area contributed by atoms with Crippen molar-refractivity contribution < 1.29 is 4.74 Å². The molecule has 1 heterocycles. The summed E-state index contributed by atoms with van der Waals surface area (Å²) in [6.07, 6.45) is 3.43. The van der Waals surface area contributed by atoms with Gasteiger partial charge in [0, 0.05) is 17.7 Å². The van der Waals surface area contributed by atoms with E-state index < -0.39 is 0 Å². The van der Waals surface area contributed by atoms with Gasteiger partial charge in [0.15, 0.2) is 0 Å². The summed E-state index contributed by atoms with van der Waals surface area (Å²) in [5, 5.41) is 9.62. The lowest BCUT2D eigenvalue weighted by Gasteiger charge is -2.10. The fourth-order valence-electron chi connectivity index (χ4n) is 1.73. The first-order valence-electron chi connectivity index (χ1n) is 5.70. The lowest BCUT2D eigenvalue weighted by atomic mass is 10.1. The molecule has 96 valence electrons. The average molecular weight is 318 g/mol. The van der Waals surface area contributed by atoms with Crippen molar-refractivity contribution in [2.24, 2.45) is 0 Å². The Bertz CT molecular complexity index is 609. The van der Waals surface area contributed by atoms with Crippen LogP contribution >= 0.6 is 15.9 Å². The normalized spacial score (nSPS) is 10.0. The predicted molar refractivity (Wildman–Crippen MR) is 75.4 cm³/mol. The average Bonchev–Trinajstić information content (AvgIpc) is 2.43. The fraction of sp³-hybridized carbons (Fsp3) is 0.214. The van der Waals surface area contributed by atoms with Gasteiger partial charge in [0.05, 0.1) is 11.6 Å². The molecule has 0 aliphatic carbocycles. The Hall–Kier alpha value is -1.93. The quantitative estimate of drug-likeness (QED) is 0.811. The molecular formula is C14H12BrN3O. The monoisotopic (exact) mass is 317 g/mol. The lowest BCUT2D eigenvalue weighted by Crippen LogP contribution is -1.97. The topological polar surface area (TPSA) is 58.8 Å². The van der Waals surface area contributed by atoms with Crippen LogP contribution in [-0.4, -0.2) is 9.97 Å². The van der Waals surface area contributed by atoms with Crippen LogP contribution in [0.1, 0.15) is 22.3 Å². The highest BCUT2D eigenvalue weighted by Gasteiger charge is 2.09. The molecule has 0 atom stereocenters. The molecular weight excluding hydrogens is 306 g/mol. The van der Waals surface area contributed by atoms with Crippen molar-refractivity contribution in [3.8, 4) is 17.8 Å². The maximum atomic E-state index is 8.90. The van der Waals surface area contributed by atoms with Gasteiger partial charge < -0.3 is 4.74 Å². The molecule has 0 aliphatic rings. The van der Waals surface area contributed by atoms with E-state index in [1.807, 2.05) is 13.8 Å². The van der Waals surface area contributed by atoms with Crippen molar-refractivity contribution in [2.75, 3.05) is 0 Å². The molecule has 2 aromatic rings. The second kappa shape index (κ2) is 5.81. The van der Waals surface area contributed by atoms with Gasteiger partial charge in [-0.25, -0.2) is 9.97 Å². The van der Waals surface area contributed by atoms with Gasteiger partial charge in [-0.1, -0.05) is 15.9 Å². The van der Waals surface area contributed by atoms with Crippen molar-refractivity contribution in [3.63, 3.8) is 0 Å². The molecule has 0 spiro atoms. The molecule has 4 nitrogen and oxygen atoms in total. The lowest BCUT2D eigenvalue weighted by molar-refractivity contribution is 0.435. The Morgan fingerprint density at radius 3 is 2.26 bits per heavy atom. The van der Waals surface area contributed by atoms with Crippen LogP contribution in [0.25, 0.3) is 0 Å². The second-order valence-electron chi connectivity index (χ2n) is 4.16. The van der Waals surface area contributed by atoms with Crippen LogP contribution < -0.4 is 4.74 Å². The summed E-state index contributed by atoms with van der Waals surface area (Å²) in [6, 6.07) is 6.00. The van der Waals surface area contributed by atoms with Gasteiger partial charge in [-0.05, 0) is 42.7 Å². The van der Waals surface area contributed by atoms with Crippen LogP contribution in [0.4, 0.5) is 0 Å². The number of aromatic nitrogens is 2. The Morgan fingerprint density at radius 2 is 1.79 bits per heavy atom. The molecule has 0 saturated carbocycles. The number of halogens is 1. The van der Waals surface area contributed by atoms with E-state index in [1.165, 1.54) is 0 Å². The molecule has 0 amide bonds. The third-order valence-electron chi connectivity index (χ3n) is 2.62. The van der Waals surface area contributed by atoms with Gasteiger partial charge in [0.2, 0.25) is 0 Å². The number of aryl methyl sites for hydroxylation is 2. The van der Waals surface area contributed by atoms with Crippen LogP contribution in [0.3, 0.4) is 0 Å². The van der Waals surface area contributed by atoms with E-state index in [0.29, 0.717) is 22.7 Å². The minimum absolute atomic E-state index is 0.306. The van der Waals surface area contributed by atoms with Crippen LogP contribution in [0.15, 0.2) is 24.5 Å². The van der Waals surface area contributed by atoms with E-state index in [4.69, 9.17) is 10.00 Å². The summed E-state index contributed by atoms with van der Waals surface area (Å²) >= 11 is 3.34. The summed E-state index contributed by atoms with van der Waals surface area (Å²) in [6.45, 7) is 3.80. The van der Waals surface area contributed by atoms with Crippen molar-refractivity contribution in [1.29, 1.82) is 5.26 Å². The van der Waals surface area contributed by atoms with Gasteiger partial charge in [-0.3, -0.25) is 0 Å². The van der Waals surface area contributed by atoms with E-state index in [-0.39, 0.29) is 0 Å². The summed E-state index contributed by atoms with van der Waals surface area (Å²) in [5.74, 6) is 0.700. The highest BCUT2D eigenvalue weighted by molar-refractivity contribution is 9.08. The van der Waals surface area contributed by atoms with E-state index in [9.17, 15) is 0 Å². The number of nitrogens with zero attached hydrogens (tertiary/aromatic N) is 3. The van der Waals surface area contributed by atoms with Gasteiger partial charge >= 0.3 is 6.01 Å². The number of hydrogen-bond acceptors (Lipinski definition) is 4. The molecule has 0 aliphatic heterocycles. The molecule has 0 radical (unpaired) electrons. The first kappa shape index (κ1) is 13.5. The first-order valence-corrected chi connectivity index (χ1v) is 6.82. The molecule has 1 aromatic carbocycles. The van der Waals surface area contributed by atoms with Crippen molar-refractivity contribution in [2.45, 2.75) is 19.2 Å². The Morgan fingerprint density at radius 1 is 1.21 bits per heavy atom. The molecule has 0 fully saturated rings. The van der Waals surface area contributed by atoms with Crippen molar-refractivity contribution >= 4 is 15.9 Å². The third-order valence-corrected chi connectivity index (χ3v) is 3.27. The smallest absolute Gasteiger partial charge is 0.321 e. The summed E-state index contributed by atoms with van der Waals surface area (Å²) in [5.41, 5.74) is 3.40. The summed E-state index contributed by atoms with van der Waals surface area (Å²) in [7, 11) is 0. The molecule has 0 bridgehead atoms. The van der Waals surface area contributed by atoms with Gasteiger partial charge in [0.1, 0.15) is 5.75 Å². The van der Waals surface area contributed by atoms with Crippen LogP contribution in [-0.2, 0) is 5.33 Å². The maximum Gasteiger partial charge on any atom is 0.321 e. The van der Waals surface area contributed by atoms with Crippen LogP contribution in [0.5, 0.6) is 11.8 Å². The maximum absolute atomic E-state index is 8.90. The molecule has 19 heavy (non-hydrogen) atoms. The van der Waals surface area contributed by atoms with E-state index in [0.717, 1.165) is 16.7 Å². The van der Waals surface area contributed by atoms with E-state index >= 15 is 0 Å². The Kier molecular flexibility index (Phi) is 4.13. The van der Waals surface area contributed by atoms with Gasteiger partial charge in [-0.15, -0.1) is 0 Å². The molecule has 5 heteroatoms. The number of hydrogen-bond donors (Lipinski definition) is 0. The fourth-order valence-corrected chi connectivity index (χ4v) is 2.02. The number of ether oxygens (including phenoxy) is 1. The zero-order valence-electron chi connectivity index (χ0n) is 10.6. The molecule has 0 unspecified atom stereocenters. The molecule has 0 N–H and O–H groups in total. The van der Waals surface area contributed by atoms with E-state index in [2.05, 4.69) is 32.0 Å². The van der Waals surface area contributed by atoms with Crippen molar-refractivity contribution in [1.82, 2.24) is 9.97 Å². The van der Waals surface area contributed by atoms with Gasteiger partial charge in [-0.2, -0.15) is 5.26 Å². The second-order valence-corrected chi connectivity index (χ2v) is 4.72. The minimum atomic E-state index is 0.306. The molecule has 1 aromatic heterocycles. The number of benzene rings is 1. The third kappa shape index (κ3) is 3.09. The predicted octanol–water partition coefficient (Wildman–Crippen LogP) is 3.65. The summed E-state index contributed by atoms with van der Waals surface area (Å²) < 4.78 is 5.69. The Labute approximate surface area is 120 Å². The number of nitriles is 1. The van der Waals surface area contributed by atoms with Crippen molar-refractivity contribution in [3.05, 3.63) is 46.8 Å². The molecule has 0 saturated heterocycles. The molecule has 2 rings (SSSR count). The number of alkyl halides is 1. The zero-order valence-corrected chi connectivity index (χ0v) is 12.2. The standard InChI is InChI=1S/C14H12BrN3O/c1-9-3-11(6-16)4-10(2)13(9)19-14-17-7-12(5-15)8-18-14/h3-4,7-8H,5H2,1-2H3. The largest absolute Gasteiger partial charge is 0.424 e. The number of rotatable bonds is 3. The van der Waals surface area contributed by atoms with Crippen LogP contribution in [0, 0.1) is 25.2 Å². The van der Waals surface area contributed by atoms with Crippen LogP contribution in [0.2, 0.25) is 0 Å². The SMILES string of the molecule is Cc1cc(C#N)cc(C)c1Oc1ncc(CBr)cn1. The van der Waals surface area contributed by atoms with E-state index in [1.54, 1.807) is 24.5 Å².